The van der Waals surface area contributed by atoms with E-state index in [1.165, 1.54) is 11.1 Å². The summed E-state index contributed by atoms with van der Waals surface area (Å²) < 4.78 is 0. The summed E-state index contributed by atoms with van der Waals surface area (Å²) in [6.45, 7) is 4.36. The number of alkyl halides is 1. The van der Waals surface area contributed by atoms with Crippen molar-refractivity contribution in [2.24, 2.45) is 0 Å². The van der Waals surface area contributed by atoms with E-state index in [-0.39, 0.29) is 0 Å². The molecule has 0 saturated heterocycles. The molecule has 0 aliphatic heterocycles. The normalized spacial score (nSPS) is 12.8. The fourth-order valence-electron chi connectivity index (χ4n) is 1.16. The van der Waals surface area contributed by atoms with Crippen LogP contribution in [0.4, 0.5) is 0 Å². The monoisotopic (exact) mass is 228 g/mol. The van der Waals surface area contributed by atoms with Gasteiger partial charge >= 0.3 is 0 Å². The zero-order valence-corrected chi connectivity index (χ0v) is 10.4. The third kappa shape index (κ3) is 4.39. The van der Waals surface area contributed by atoms with E-state index >= 15 is 0 Å². The zero-order valence-electron chi connectivity index (χ0n) is 8.79. The fourth-order valence-corrected chi connectivity index (χ4v) is 2.57. The van der Waals surface area contributed by atoms with Crippen LogP contribution in [0.1, 0.15) is 24.5 Å². The number of benzene rings is 1. The maximum absolute atomic E-state index is 5.69. The van der Waals surface area contributed by atoms with Crippen molar-refractivity contribution < 1.29 is 0 Å². The maximum Gasteiger partial charge on any atom is 0.0233 e. The first-order valence-electron chi connectivity index (χ1n) is 4.95. The number of thioether (sulfide) groups is 1. The Morgan fingerprint density at radius 1 is 1.29 bits per heavy atom. The van der Waals surface area contributed by atoms with E-state index < -0.39 is 0 Å². The van der Waals surface area contributed by atoms with Crippen LogP contribution in [0.5, 0.6) is 0 Å². The van der Waals surface area contributed by atoms with Gasteiger partial charge in [-0.3, -0.25) is 0 Å². The smallest absolute Gasteiger partial charge is 0.0233 e. The van der Waals surface area contributed by atoms with E-state index in [1.54, 1.807) is 0 Å². The lowest BCUT2D eigenvalue weighted by Gasteiger charge is -2.08. The van der Waals surface area contributed by atoms with Crippen molar-refractivity contribution in [2.45, 2.75) is 31.3 Å². The molecule has 0 nitrogen and oxygen atoms in total. The lowest BCUT2D eigenvalue weighted by atomic mass is 10.2. The minimum atomic E-state index is 0.661. The summed E-state index contributed by atoms with van der Waals surface area (Å²) in [6.07, 6.45) is 1.10. The van der Waals surface area contributed by atoms with Crippen LogP contribution in [0.2, 0.25) is 0 Å². The Morgan fingerprint density at radius 3 is 2.50 bits per heavy atom. The van der Waals surface area contributed by atoms with E-state index in [0.717, 1.165) is 18.1 Å². The molecule has 0 fully saturated rings. The van der Waals surface area contributed by atoms with Gasteiger partial charge in [-0.25, -0.2) is 0 Å². The predicted molar refractivity (Wildman–Crippen MR) is 67.3 cm³/mol. The molecular formula is C12H17ClS. The van der Waals surface area contributed by atoms with Gasteiger partial charge < -0.3 is 0 Å². The van der Waals surface area contributed by atoms with Gasteiger partial charge in [0.2, 0.25) is 0 Å². The molecule has 0 bridgehead atoms. The van der Waals surface area contributed by atoms with Gasteiger partial charge in [-0.2, -0.15) is 11.8 Å². The lowest BCUT2D eigenvalue weighted by Crippen LogP contribution is -1.97. The van der Waals surface area contributed by atoms with Crippen LogP contribution >= 0.6 is 23.4 Å². The molecule has 0 aliphatic carbocycles. The molecule has 2 heteroatoms. The number of halogens is 1. The Bertz CT molecular complexity index is 256. The Morgan fingerprint density at radius 2 is 1.93 bits per heavy atom. The van der Waals surface area contributed by atoms with Gasteiger partial charge in [0.25, 0.3) is 0 Å². The van der Waals surface area contributed by atoms with Crippen LogP contribution in [0.25, 0.3) is 0 Å². The van der Waals surface area contributed by atoms with Crippen LogP contribution in [0.3, 0.4) is 0 Å². The first-order chi connectivity index (χ1) is 6.72. The van der Waals surface area contributed by atoms with Crippen molar-refractivity contribution in [3.8, 4) is 0 Å². The Labute approximate surface area is 96.0 Å². The van der Waals surface area contributed by atoms with Crippen molar-refractivity contribution in [3.05, 3.63) is 35.4 Å². The molecule has 1 aromatic carbocycles. The molecule has 0 aliphatic rings. The van der Waals surface area contributed by atoms with Gasteiger partial charge in [-0.1, -0.05) is 36.8 Å². The van der Waals surface area contributed by atoms with Crippen LogP contribution in [-0.2, 0) is 5.75 Å². The highest BCUT2D eigenvalue weighted by molar-refractivity contribution is 7.99. The highest BCUT2D eigenvalue weighted by atomic mass is 35.5. The van der Waals surface area contributed by atoms with Gasteiger partial charge in [-0.15, -0.1) is 11.6 Å². The molecule has 0 heterocycles. The van der Waals surface area contributed by atoms with E-state index in [0.29, 0.717) is 5.25 Å². The first kappa shape index (κ1) is 11.9. The summed E-state index contributed by atoms with van der Waals surface area (Å²) in [5, 5.41) is 0.661. The van der Waals surface area contributed by atoms with Crippen LogP contribution in [0, 0.1) is 6.92 Å². The molecule has 0 spiro atoms. The quantitative estimate of drug-likeness (QED) is 0.680. The summed E-state index contributed by atoms with van der Waals surface area (Å²) in [7, 11) is 0. The second kappa shape index (κ2) is 6.36. The number of rotatable bonds is 5. The molecule has 78 valence electrons. The highest BCUT2D eigenvalue weighted by Gasteiger charge is 2.01. The van der Waals surface area contributed by atoms with E-state index in [4.69, 9.17) is 11.6 Å². The van der Waals surface area contributed by atoms with Crippen molar-refractivity contribution in [3.63, 3.8) is 0 Å². The van der Waals surface area contributed by atoms with Gasteiger partial charge in [0.1, 0.15) is 0 Å². The molecule has 0 N–H and O–H groups in total. The van der Waals surface area contributed by atoms with Crippen molar-refractivity contribution in [1.29, 1.82) is 0 Å². The van der Waals surface area contributed by atoms with Gasteiger partial charge in [0.15, 0.2) is 0 Å². The average molecular weight is 229 g/mol. The molecule has 1 unspecified atom stereocenters. The first-order valence-corrected chi connectivity index (χ1v) is 6.54. The SMILES string of the molecule is Cc1ccc(CSC(C)CCCl)cc1. The maximum atomic E-state index is 5.69. The second-order valence-electron chi connectivity index (χ2n) is 3.58. The highest BCUT2D eigenvalue weighted by Crippen LogP contribution is 2.20. The van der Waals surface area contributed by atoms with Crippen molar-refractivity contribution in [2.75, 3.05) is 5.88 Å². The van der Waals surface area contributed by atoms with Crippen LogP contribution < -0.4 is 0 Å². The van der Waals surface area contributed by atoms with Crippen molar-refractivity contribution in [1.82, 2.24) is 0 Å². The fraction of sp³-hybridized carbons (Fsp3) is 0.500. The molecule has 14 heavy (non-hydrogen) atoms. The Balaban J connectivity index is 2.34. The van der Waals surface area contributed by atoms with Crippen molar-refractivity contribution >= 4 is 23.4 Å². The van der Waals surface area contributed by atoms with Crippen LogP contribution in [-0.4, -0.2) is 11.1 Å². The minimum absolute atomic E-state index is 0.661. The minimum Gasteiger partial charge on any atom is -0.154 e. The summed E-state index contributed by atoms with van der Waals surface area (Å²) in [5.41, 5.74) is 2.73. The molecule has 0 amide bonds. The Kier molecular flexibility index (Phi) is 5.42. The summed E-state index contributed by atoms with van der Waals surface area (Å²) in [6, 6.07) is 8.75. The number of aryl methyl sites for hydroxylation is 1. The summed E-state index contributed by atoms with van der Waals surface area (Å²) in [5.74, 6) is 1.86. The standard InChI is InChI=1S/C12H17ClS/c1-10-3-5-12(6-4-10)9-14-11(2)7-8-13/h3-6,11H,7-9H2,1-2H3. The number of hydrogen-bond acceptors (Lipinski definition) is 1. The average Bonchev–Trinajstić information content (AvgIpc) is 2.17. The van der Waals surface area contributed by atoms with Gasteiger partial charge in [0.05, 0.1) is 0 Å². The Hall–Kier alpha value is -0.140. The zero-order chi connectivity index (χ0) is 10.4. The summed E-state index contributed by atoms with van der Waals surface area (Å²) in [4.78, 5) is 0. The molecule has 1 atom stereocenters. The van der Waals surface area contributed by atoms with Gasteiger partial charge in [-0.05, 0) is 18.9 Å². The van der Waals surface area contributed by atoms with Crippen LogP contribution in [0.15, 0.2) is 24.3 Å². The van der Waals surface area contributed by atoms with E-state index in [2.05, 4.69) is 38.1 Å². The topological polar surface area (TPSA) is 0 Å². The third-order valence-electron chi connectivity index (χ3n) is 2.17. The molecule has 0 aromatic heterocycles. The largest absolute Gasteiger partial charge is 0.154 e. The van der Waals surface area contributed by atoms with Gasteiger partial charge in [0, 0.05) is 16.9 Å². The molecule has 1 aromatic rings. The van der Waals surface area contributed by atoms with E-state index in [1.807, 2.05) is 11.8 Å². The lowest BCUT2D eigenvalue weighted by molar-refractivity contribution is 0.912. The predicted octanol–water partition coefficient (Wildman–Crippen LogP) is 4.25. The second-order valence-corrected chi connectivity index (χ2v) is 5.39. The molecule has 0 radical (unpaired) electrons. The molecular weight excluding hydrogens is 212 g/mol. The van der Waals surface area contributed by atoms with E-state index in [9.17, 15) is 0 Å². The molecule has 1 rings (SSSR count). The summed E-state index contributed by atoms with van der Waals surface area (Å²) >= 11 is 7.66. The molecule has 0 saturated carbocycles. The number of hydrogen-bond donors (Lipinski definition) is 0. The third-order valence-corrected chi connectivity index (χ3v) is 3.69.